The molecule has 1 aromatic heterocycles. The van der Waals surface area contributed by atoms with Crippen molar-refractivity contribution in [1.29, 1.82) is 0 Å². The van der Waals surface area contributed by atoms with Gasteiger partial charge >= 0.3 is 0 Å². The molecule has 0 saturated carbocycles. The molecule has 128 valence electrons. The molecular weight excluding hydrogens is 324 g/mol. The lowest BCUT2D eigenvalue weighted by Gasteiger charge is -2.37. The van der Waals surface area contributed by atoms with Crippen LogP contribution in [0.25, 0.3) is 0 Å². The molecule has 0 bridgehead atoms. The van der Waals surface area contributed by atoms with Gasteiger partial charge in [0.2, 0.25) is 0 Å². The standard InChI is InChI=1S/C18H23ClN4O/c1-13-12-17(22(3)20-13)18(24)21(2)15-8-10-23(11-9-15)16-6-4-14(19)5-7-16/h4-7,12,15H,8-11H2,1-3H3. The summed E-state index contributed by atoms with van der Waals surface area (Å²) < 4.78 is 1.66. The van der Waals surface area contributed by atoms with Crippen molar-refractivity contribution in [2.75, 3.05) is 25.0 Å². The summed E-state index contributed by atoms with van der Waals surface area (Å²) in [6.45, 7) is 3.78. The zero-order valence-electron chi connectivity index (χ0n) is 14.4. The van der Waals surface area contributed by atoms with Crippen LogP contribution in [0.2, 0.25) is 5.02 Å². The molecule has 1 aromatic carbocycles. The Kier molecular flexibility index (Phi) is 4.81. The number of benzene rings is 1. The number of hydrogen-bond donors (Lipinski definition) is 0. The van der Waals surface area contributed by atoms with Crippen LogP contribution in [0, 0.1) is 6.92 Å². The molecule has 3 rings (SSSR count). The van der Waals surface area contributed by atoms with Crippen molar-refractivity contribution in [2.45, 2.75) is 25.8 Å². The molecule has 1 fully saturated rings. The van der Waals surface area contributed by atoms with Crippen molar-refractivity contribution in [1.82, 2.24) is 14.7 Å². The number of rotatable bonds is 3. The Morgan fingerprint density at radius 1 is 1.25 bits per heavy atom. The molecule has 1 amide bonds. The van der Waals surface area contributed by atoms with Gasteiger partial charge in [-0.3, -0.25) is 9.48 Å². The molecule has 2 aromatic rings. The van der Waals surface area contributed by atoms with Gasteiger partial charge in [0.15, 0.2) is 0 Å². The smallest absolute Gasteiger partial charge is 0.272 e. The summed E-state index contributed by atoms with van der Waals surface area (Å²) in [7, 11) is 3.71. The Morgan fingerprint density at radius 2 is 1.88 bits per heavy atom. The summed E-state index contributed by atoms with van der Waals surface area (Å²) in [5, 5.41) is 5.02. The second-order valence-electron chi connectivity index (χ2n) is 6.41. The van der Waals surface area contributed by atoms with Crippen molar-refractivity contribution in [3.63, 3.8) is 0 Å². The van der Waals surface area contributed by atoms with Crippen molar-refractivity contribution in [3.8, 4) is 0 Å². The van der Waals surface area contributed by atoms with Crippen molar-refractivity contribution >= 4 is 23.2 Å². The van der Waals surface area contributed by atoms with Crippen molar-refractivity contribution < 1.29 is 4.79 Å². The van der Waals surface area contributed by atoms with E-state index in [0.29, 0.717) is 5.69 Å². The average molecular weight is 347 g/mol. The predicted molar refractivity (Wildman–Crippen MR) is 96.7 cm³/mol. The first-order valence-electron chi connectivity index (χ1n) is 8.24. The lowest BCUT2D eigenvalue weighted by molar-refractivity contribution is 0.0698. The van der Waals surface area contributed by atoms with E-state index in [2.05, 4.69) is 22.1 Å². The highest BCUT2D eigenvalue weighted by Crippen LogP contribution is 2.24. The predicted octanol–water partition coefficient (Wildman–Crippen LogP) is 3.12. The highest BCUT2D eigenvalue weighted by molar-refractivity contribution is 6.30. The van der Waals surface area contributed by atoms with Gasteiger partial charge in [0.25, 0.3) is 5.91 Å². The molecule has 0 radical (unpaired) electrons. The Hall–Kier alpha value is -2.01. The number of amides is 1. The summed E-state index contributed by atoms with van der Waals surface area (Å²) in [6, 6.07) is 10.1. The fourth-order valence-electron chi connectivity index (χ4n) is 3.32. The van der Waals surface area contributed by atoms with Gasteiger partial charge < -0.3 is 9.80 Å². The van der Waals surface area contributed by atoms with Crippen LogP contribution in [0.15, 0.2) is 30.3 Å². The molecule has 2 heterocycles. The Labute approximate surface area is 147 Å². The van der Waals surface area contributed by atoms with E-state index in [-0.39, 0.29) is 11.9 Å². The highest BCUT2D eigenvalue weighted by atomic mass is 35.5. The summed E-state index contributed by atoms with van der Waals surface area (Å²) in [6.07, 6.45) is 1.92. The van der Waals surface area contributed by atoms with E-state index in [0.717, 1.165) is 36.6 Å². The van der Waals surface area contributed by atoms with Crippen LogP contribution in [0.5, 0.6) is 0 Å². The molecule has 1 aliphatic rings. The van der Waals surface area contributed by atoms with Gasteiger partial charge in [-0.15, -0.1) is 0 Å². The number of anilines is 1. The Morgan fingerprint density at radius 3 is 2.42 bits per heavy atom. The molecule has 6 heteroatoms. The normalized spacial score (nSPS) is 15.6. The van der Waals surface area contributed by atoms with Crippen LogP contribution in [-0.2, 0) is 7.05 Å². The van der Waals surface area contributed by atoms with Gasteiger partial charge in [0.1, 0.15) is 5.69 Å². The van der Waals surface area contributed by atoms with Crippen molar-refractivity contribution in [3.05, 3.63) is 46.7 Å². The summed E-state index contributed by atoms with van der Waals surface area (Å²) in [5.41, 5.74) is 2.70. The van der Waals surface area contributed by atoms with Gasteiger partial charge in [0.05, 0.1) is 5.69 Å². The van der Waals surface area contributed by atoms with E-state index in [1.165, 1.54) is 5.69 Å². The van der Waals surface area contributed by atoms with Gasteiger partial charge in [-0.2, -0.15) is 5.10 Å². The maximum atomic E-state index is 12.7. The maximum absolute atomic E-state index is 12.7. The minimum absolute atomic E-state index is 0.0445. The molecule has 0 atom stereocenters. The number of aromatic nitrogens is 2. The number of piperidine rings is 1. The quantitative estimate of drug-likeness (QED) is 0.857. The van der Waals surface area contributed by atoms with E-state index < -0.39 is 0 Å². The van der Waals surface area contributed by atoms with Crippen molar-refractivity contribution in [2.24, 2.45) is 7.05 Å². The fraction of sp³-hybridized carbons (Fsp3) is 0.444. The van der Waals surface area contributed by atoms with Gasteiger partial charge in [-0.1, -0.05) is 11.6 Å². The van der Waals surface area contributed by atoms with Crippen LogP contribution in [-0.4, -0.2) is 46.8 Å². The van der Waals surface area contributed by atoms with E-state index in [4.69, 9.17) is 11.6 Å². The molecule has 1 aliphatic heterocycles. The zero-order valence-corrected chi connectivity index (χ0v) is 15.1. The topological polar surface area (TPSA) is 41.4 Å². The molecule has 0 N–H and O–H groups in total. The third kappa shape index (κ3) is 3.41. The summed E-state index contributed by atoms with van der Waals surface area (Å²) in [4.78, 5) is 16.9. The second kappa shape index (κ2) is 6.85. The highest BCUT2D eigenvalue weighted by Gasteiger charge is 2.27. The maximum Gasteiger partial charge on any atom is 0.272 e. The molecule has 0 spiro atoms. The van der Waals surface area contributed by atoms with Gasteiger partial charge in [-0.25, -0.2) is 0 Å². The first-order chi connectivity index (χ1) is 11.5. The minimum atomic E-state index is 0.0445. The molecule has 0 unspecified atom stereocenters. The van der Waals surface area contributed by atoms with E-state index in [1.807, 2.05) is 44.1 Å². The largest absolute Gasteiger partial charge is 0.371 e. The lowest BCUT2D eigenvalue weighted by Crippen LogP contribution is -2.46. The van der Waals surface area contributed by atoms with Crippen LogP contribution in [0.4, 0.5) is 5.69 Å². The van der Waals surface area contributed by atoms with Crippen LogP contribution < -0.4 is 4.90 Å². The first-order valence-corrected chi connectivity index (χ1v) is 8.62. The third-order valence-corrected chi connectivity index (χ3v) is 5.00. The molecular formula is C18H23ClN4O. The molecule has 1 saturated heterocycles. The van der Waals surface area contributed by atoms with Crippen LogP contribution >= 0.6 is 11.6 Å². The number of carbonyl (C=O) groups is 1. The summed E-state index contributed by atoms with van der Waals surface area (Å²) in [5.74, 6) is 0.0445. The second-order valence-corrected chi connectivity index (χ2v) is 6.84. The minimum Gasteiger partial charge on any atom is -0.371 e. The number of aryl methyl sites for hydroxylation is 2. The molecule has 24 heavy (non-hydrogen) atoms. The number of halogens is 1. The van der Waals surface area contributed by atoms with E-state index in [9.17, 15) is 4.79 Å². The zero-order chi connectivity index (χ0) is 17.3. The number of nitrogens with zero attached hydrogens (tertiary/aromatic N) is 4. The molecule has 5 nitrogen and oxygen atoms in total. The number of carbonyl (C=O) groups excluding carboxylic acids is 1. The lowest BCUT2D eigenvalue weighted by atomic mass is 10.0. The van der Waals surface area contributed by atoms with Crippen LogP contribution in [0.3, 0.4) is 0 Å². The average Bonchev–Trinajstić information content (AvgIpc) is 2.93. The Balaban J connectivity index is 1.62. The van der Waals surface area contributed by atoms with Gasteiger partial charge in [-0.05, 0) is 50.1 Å². The fourth-order valence-corrected chi connectivity index (χ4v) is 3.45. The van der Waals surface area contributed by atoms with Gasteiger partial charge in [0, 0.05) is 43.9 Å². The Bertz CT molecular complexity index is 717. The first kappa shape index (κ1) is 16.8. The van der Waals surface area contributed by atoms with Crippen LogP contribution in [0.1, 0.15) is 29.0 Å². The molecule has 0 aliphatic carbocycles. The van der Waals surface area contributed by atoms with E-state index in [1.54, 1.807) is 4.68 Å². The summed E-state index contributed by atoms with van der Waals surface area (Å²) >= 11 is 5.95. The SMILES string of the molecule is Cc1cc(C(=O)N(C)C2CCN(c3ccc(Cl)cc3)CC2)n(C)n1. The van der Waals surface area contributed by atoms with E-state index >= 15 is 0 Å². The number of hydrogen-bond acceptors (Lipinski definition) is 3. The third-order valence-electron chi connectivity index (χ3n) is 4.75. The monoisotopic (exact) mass is 346 g/mol.